The van der Waals surface area contributed by atoms with Gasteiger partial charge in [0.05, 0.1) is 25.5 Å². The number of esters is 1. The van der Waals surface area contributed by atoms with Crippen LogP contribution in [0, 0.1) is 11.3 Å². The van der Waals surface area contributed by atoms with Gasteiger partial charge in [-0.25, -0.2) is 13.6 Å². The lowest BCUT2D eigenvalue weighted by atomic mass is 9.93. The molecule has 0 saturated carbocycles. The molecule has 3 heterocycles. The number of aliphatic hydroxyl groups excluding tert-OH is 1. The van der Waals surface area contributed by atoms with E-state index in [1.165, 1.54) is 23.6 Å². The van der Waals surface area contributed by atoms with Crippen molar-refractivity contribution in [2.24, 2.45) is 5.92 Å². The molecule has 1 aromatic carbocycles. The lowest BCUT2D eigenvalue weighted by Crippen LogP contribution is -2.44. The number of nitrogens with one attached hydrogen (secondary N) is 2. The van der Waals surface area contributed by atoms with E-state index in [0.717, 1.165) is 23.7 Å². The van der Waals surface area contributed by atoms with Crippen LogP contribution in [0.25, 0.3) is 5.52 Å². The van der Waals surface area contributed by atoms with Crippen molar-refractivity contribution in [3.63, 3.8) is 0 Å². The van der Waals surface area contributed by atoms with Gasteiger partial charge in [0, 0.05) is 0 Å². The number of fused-ring (bicyclic) bond motifs is 1. The number of phosphoric ester groups is 1. The van der Waals surface area contributed by atoms with E-state index in [4.69, 9.17) is 33.7 Å². The number of rotatable bonds is 16. The Balaban J connectivity index is 1.49. The van der Waals surface area contributed by atoms with Gasteiger partial charge in [0.15, 0.2) is 11.1 Å². The molecule has 0 amide bonds. The monoisotopic (exact) mass is 687 g/mol. The van der Waals surface area contributed by atoms with E-state index in [1.54, 1.807) is 30.3 Å². The van der Waals surface area contributed by atoms with E-state index in [1.807, 2.05) is 13.8 Å². The highest BCUT2D eigenvalue weighted by molar-refractivity contribution is 7.52. The van der Waals surface area contributed by atoms with Gasteiger partial charge < -0.3 is 34.0 Å². The molecule has 1 fully saturated rings. The average molecular weight is 688 g/mol. The minimum atomic E-state index is -4.81. The molecule has 6 N–H and O–H groups in total. The predicted octanol–water partition coefficient (Wildman–Crippen LogP) is 1.79. The summed E-state index contributed by atoms with van der Waals surface area (Å²) in [6.45, 7) is 4.02. The molecule has 2 aromatic heterocycles. The summed E-state index contributed by atoms with van der Waals surface area (Å²) in [5, 5.41) is 37.8. The van der Waals surface area contributed by atoms with Gasteiger partial charge in [-0.05, 0) is 37.1 Å². The van der Waals surface area contributed by atoms with Crippen molar-refractivity contribution in [2.75, 3.05) is 19.8 Å². The molecular formula is C27H39N5O12P2. The molecule has 254 valence electrons. The van der Waals surface area contributed by atoms with Gasteiger partial charge in [0.2, 0.25) is 0 Å². The summed E-state index contributed by atoms with van der Waals surface area (Å²) in [5.41, 5.74) is -2.13. The number of hydrogen-bond acceptors (Lipinski definition) is 12. The van der Waals surface area contributed by atoms with E-state index in [0.29, 0.717) is 0 Å². The van der Waals surface area contributed by atoms with Crippen LogP contribution in [0.3, 0.4) is 0 Å². The molecule has 0 bridgehead atoms. The Hall–Kier alpha value is -2.95. The Bertz CT molecular complexity index is 1640. The third kappa shape index (κ3) is 8.49. The van der Waals surface area contributed by atoms with E-state index in [9.17, 15) is 24.1 Å². The van der Waals surface area contributed by atoms with Crippen LogP contribution in [-0.2, 0) is 44.8 Å². The second-order valence-corrected chi connectivity index (χ2v) is 13.7. The fourth-order valence-electron chi connectivity index (χ4n) is 4.72. The number of carbonyl (C=O) groups excluding carboxylic acids is 1. The highest BCUT2D eigenvalue weighted by Crippen LogP contribution is 2.46. The molecule has 1 aliphatic rings. The molecular weight excluding hydrogens is 648 g/mol. The normalized spacial score (nSPS) is 22.2. The van der Waals surface area contributed by atoms with Crippen LogP contribution in [-0.4, -0.2) is 78.2 Å². The van der Waals surface area contributed by atoms with Crippen molar-refractivity contribution in [3.8, 4) is 5.75 Å². The molecule has 4 rings (SSSR count). The standard InChI is InChI=1S/C27H39N5O12P2/c1-4-19(5-2)13-40-26(34)18(3)30-45(36,44-20-9-7-6-8-10-20)42-14-22-24(33)27(35,15-41-22)23-12-11-21-25(28)31(16-29-32(21)23)17-43-46(37,38)39/h6-12,16,18-19,22,24,28,33,35H,4-5,13-15,17H2,1-3H3,(H,30,36)(H2,37,38,39)/t18-,22+,24+,27?,45-/m0/s1. The van der Waals surface area contributed by atoms with Gasteiger partial charge in [-0.3, -0.25) is 23.8 Å². The first kappa shape index (κ1) is 35.9. The van der Waals surface area contributed by atoms with Crippen LogP contribution in [0.4, 0.5) is 0 Å². The maximum Gasteiger partial charge on any atom is 0.471 e. The maximum atomic E-state index is 13.9. The van der Waals surface area contributed by atoms with Crippen molar-refractivity contribution in [1.82, 2.24) is 19.3 Å². The number of ether oxygens (including phenoxy) is 2. The SMILES string of the molecule is CCC(CC)COC(=O)[C@H](C)N[P@](=O)(OC[C@H]1OCC(O)(c2ccc3c(=N)n(COP(=O)(O)O)cnn23)[C@@H]1O)Oc1ccccc1. The number of para-hydroxylation sites is 1. The lowest BCUT2D eigenvalue weighted by Gasteiger charge is -2.27. The fraction of sp³-hybridized carbons (Fsp3) is 0.519. The van der Waals surface area contributed by atoms with Crippen LogP contribution in [0.15, 0.2) is 48.8 Å². The quantitative estimate of drug-likeness (QED) is 0.0931. The molecule has 0 radical (unpaired) electrons. The summed E-state index contributed by atoms with van der Waals surface area (Å²) in [5.74, 6) is -0.293. The minimum absolute atomic E-state index is 0.0460. The summed E-state index contributed by atoms with van der Waals surface area (Å²) in [6, 6.07) is 9.85. The number of aromatic nitrogens is 3. The van der Waals surface area contributed by atoms with Crippen LogP contribution < -0.4 is 15.1 Å². The largest absolute Gasteiger partial charge is 0.471 e. The third-order valence-electron chi connectivity index (χ3n) is 7.56. The molecule has 0 aliphatic carbocycles. The van der Waals surface area contributed by atoms with Gasteiger partial charge in [-0.15, -0.1) is 0 Å². The fourth-order valence-corrected chi connectivity index (χ4v) is 6.50. The predicted molar refractivity (Wildman–Crippen MR) is 160 cm³/mol. The zero-order valence-electron chi connectivity index (χ0n) is 25.5. The van der Waals surface area contributed by atoms with Crippen LogP contribution >= 0.6 is 15.6 Å². The van der Waals surface area contributed by atoms with Crippen molar-refractivity contribution >= 4 is 27.1 Å². The summed E-state index contributed by atoms with van der Waals surface area (Å²) < 4.78 is 53.9. The Morgan fingerprint density at radius 1 is 1.17 bits per heavy atom. The number of nitrogens with zero attached hydrogens (tertiary/aromatic N) is 3. The Morgan fingerprint density at radius 3 is 2.52 bits per heavy atom. The number of phosphoric acid groups is 1. The summed E-state index contributed by atoms with van der Waals surface area (Å²) in [4.78, 5) is 30.6. The molecule has 1 saturated heterocycles. The summed E-state index contributed by atoms with van der Waals surface area (Å²) in [7, 11) is -9.11. The van der Waals surface area contributed by atoms with Crippen molar-refractivity contribution in [1.29, 1.82) is 5.41 Å². The van der Waals surface area contributed by atoms with Crippen molar-refractivity contribution in [3.05, 3.63) is 60.0 Å². The first-order valence-corrected chi connectivity index (χ1v) is 17.5. The first-order chi connectivity index (χ1) is 21.7. The van der Waals surface area contributed by atoms with E-state index in [-0.39, 0.29) is 35.0 Å². The maximum absolute atomic E-state index is 13.9. The smallest absolute Gasteiger partial charge is 0.464 e. The summed E-state index contributed by atoms with van der Waals surface area (Å²) in [6.07, 6.45) is -0.134. The van der Waals surface area contributed by atoms with E-state index in [2.05, 4.69) is 14.7 Å². The third-order valence-corrected chi connectivity index (χ3v) is 9.65. The minimum Gasteiger partial charge on any atom is -0.464 e. The van der Waals surface area contributed by atoms with Crippen LogP contribution in [0.2, 0.25) is 0 Å². The highest BCUT2D eigenvalue weighted by atomic mass is 31.2. The molecule has 17 nitrogen and oxygen atoms in total. The summed E-state index contributed by atoms with van der Waals surface area (Å²) >= 11 is 0. The van der Waals surface area contributed by atoms with Crippen LogP contribution in [0.5, 0.6) is 5.75 Å². The average Bonchev–Trinajstić information content (AvgIpc) is 3.58. The topological polar surface area (TPSA) is 236 Å². The Labute approximate surface area is 264 Å². The Kier molecular flexibility index (Phi) is 11.6. The van der Waals surface area contributed by atoms with Crippen molar-refractivity contribution < 1.29 is 57.0 Å². The first-order valence-electron chi connectivity index (χ1n) is 14.5. The van der Waals surface area contributed by atoms with Crippen molar-refractivity contribution in [2.45, 2.75) is 64.2 Å². The van der Waals surface area contributed by atoms with E-state index < -0.39 is 65.3 Å². The number of benzene rings is 1. The molecule has 5 atom stereocenters. The molecule has 46 heavy (non-hydrogen) atoms. The number of carbonyl (C=O) groups is 1. The molecule has 1 aliphatic heterocycles. The van der Waals surface area contributed by atoms with Gasteiger partial charge in [-0.2, -0.15) is 10.2 Å². The van der Waals surface area contributed by atoms with Gasteiger partial charge >= 0.3 is 21.5 Å². The molecule has 19 heteroatoms. The molecule has 0 spiro atoms. The zero-order valence-corrected chi connectivity index (χ0v) is 27.3. The second-order valence-electron chi connectivity index (χ2n) is 10.8. The van der Waals surface area contributed by atoms with Crippen LogP contribution in [0.1, 0.15) is 39.3 Å². The Morgan fingerprint density at radius 2 is 1.87 bits per heavy atom. The highest BCUT2D eigenvalue weighted by Gasteiger charge is 2.52. The molecule has 3 aromatic rings. The lowest BCUT2D eigenvalue weighted by molar-refractivity contribution is -0.146. The van der Waals surface area contributed by atoms with Gasteiger partial charge in [-0.1, -0.05) is 44.9 Å². The molecule has 1 unspecified atom stereocenters. The van der Waals surface area contributed by atoms with Gasteiger partial charge in [0.1, 0.15) is 42.6 Å². The van der Waals surface area contributed by atoms with Gasteiger partial charge in [0.25, 0.3) is 0 Å². The number of aliphatic hydroxyl groups is 2. The second kappa shape index (κ2) is 14.9. The zero-order chi connectivity index (χ0) is 33.7. The van der Waals surface area contributed by atoms with E-state index >= 15 is 0 Å². The number of hydrogen-bond donors (Lipinski definition) is 6.